The predicted octanol–water partition coefficient (Wildman–Crippen LogP) is 6.30. The lowest BCUT2D eigenvalue weighted by atomic mass is 10.1. The Balaban J connectivity index is 2.41. The van der Waals surface area contributed by atoms with Crippen LogP contribution in [0.4, 0.5) is 0 Å². The molecule has 0 aliphatic carbocycles. The third-order valence-electron chi connectivity index (χ3n) is 2.10. The SMILES string of the molecule is Clc1cccc(C(Br)c2ccc(Br)s2)c1Cl. The Bertz CT molecular complexity index is 510. The summed E-state index contributed by atoms with van der Waals surface area (Å²) < 4.78 is 1.10. The van der Waals surface area contributed by atoms with Gasteiger partial charge in [-0.1, -0.05) is 51.3 Å². The highest BCUT2D eigenvalue weighted by molar-refractivity contribution is 9.11. The Morgan fingerprint density at radius 2 is 1.88 bits per heavy atom. The minimum Gasteiger partial charge on any atom is -0.132 e. The first-order valence-electron chi connectivity index (χ1n) is 4.43. The largest absolute Gasteiger partial charge is 0.132 e. The fourth-order valence-electron chi connectivity index (χ4n) is 1.33. The number of hydrogen-bond acceptors (Lipinski definition) is 1. The molecular formula is C11H6Br2Cl2S. The molecule has 84 valence electrons. The maximum Gasteiger partial charge on any atom is 0.0753 e. The highest BCUT2D eigenvalue weighted by Crippen LogP contribution is 2.41. The Morgan fingerprint density at radius 3 is 2.50 bits per heavy atom. The van der Waals surface area contributed by atoms with E-state index in [1.165, 1.54) is 4.88 Å². The molecule has 1 aromatic heterocycles. The summed E-state index contributed by atoms with van der Waals surface area (Å²) in [7, 11) is 0. The fraction of sp³-hybridized carbons (Fsp3) is 0.0909. The number of halogens is 4. The lowest BCUT2D eigenvalue weighted by Gasteiger charge is -2.10. The topological polar surface area (TPSA) is 0 Å². The second-order valence-corrected chi connectivity index (χ2v) is 7.34. The van der Waals surface area contributed by atoms with Crippen molar-refractivity contribution >= 4 is 66.4 Å². The zero-order valence-electron chi connectivity index (χ0n) is 7.88. The standard InChI is InChI=1S/C11H6Br2Cl2S/c12-9-5-4-8(16-9)10(13)6-2-1-3-7(14)11(6)15/h1-5,10H. The Hall–Kier alpha value is 0.460. The molecule has 0 amide bonds. The molecule has 0 N–H and O–H groups in total. The number of benzene rings is 1. The van der Waals surface area contributed by atoms with Crippen molar-refractivity contribution in [3.05, 3.63) is 54.6 Å². The van der Waals surface area contributed by atoms with Crippen LogP contribution in [0.3, 0.4) is 0 Å². The molecular weight excluding hydrogens is 395 g/mol. The van der Waals surface area contributed by atoms with Crippen LogP contribution < -0.4 is 0 Å². The van der Waals surface area contributed by atoms with Crippen molar-refractivity contribution in [1.29, 1.82) is 0 Å². The van der Waals surface area contributed by atoms with Gasteiger partial charge in [0.25, 0.3) is 0 Å². The molecule has 1 aromatic carbocycles. The summed E-state index contributed by atoms with van der Waals surface area (Å²) in [5, 5.41) is 1.19. The van der Waals surface area contributed by atoms with Gasteiger partial charge in [0.2, 0.25) is 0 Å². The van der Waals surface area contributed by atoms with E-state index in [9.17, 15) is 0 Å². The van der Waals surface area contributed by atoms with E-state index in [1.54, 1.807) is 17.4 Å². The molecule has 2 aromatic rings. The second-order valence-electron chi connectivity index (χ2n) is 3.15. The summed E-state index contributed by atoms with van der Waals surface area (Å²) in [5.74, 6) is 0. The molecule has 0 aliphatic rings. The molecule has 2 rings (SSSR count). The van der Waals surface area contributed by atoms with Crippen LogP contribution >= 0.6 is 66.4 Å². The molecule has 0 aliphatic heterocycles. The number of thiophene rings is 1. The molecule has 0 saturated carbocycles. The summed E-state index contributed by atoms with van der Waals surface area (Å²) >= 11 is 20.9. The van der Waals surface area contributed by atoms with Crippen LogP contribution in [-0.4, -0.2) is 0 Å². The van der Waals surface area contributed by atoms with Crippen molar-refractivity contribution in [2.75, 3.05) is 0 Å². The molecule has 0 fully saturated rings. The average molecular weight is 401 g/mol. The first-order chi connectivity index (χ1) is 7.59. The molecule has 0 nitrogen and oxygen atoms in total. The van der Waals surface area contributed by atoms with Crippen LogP contribution in [0.5, 0.6) is 0 Å². The van der Waals surface area contributed by atoms with Crippen molar-refractivity contribution in [2.45, 2.75) is 4.83 Å². The van der Waals surface area contributed by atoms with Gasteiger partial charge in [0.15, 0.2) is 0 Å². The van der Waals surface area contributed by atoms with Crippen molar-refractivity contribution in [3.8, 4) is 0 Å². The van der Waals surface area contributed by atoms with Gasteiger partial charge < -0.3 is 0 Å². The second kappa shape index (κ2) is 5.40. The van der Waals surface area contributed by atoms with Crippen LogP contribution in [0, 0.1) is 0 Å². The zero-order valence-corrected chi connectivity index (χ0v) is 13.4. The highest BCUT2D eigenvalue weighted by Gasteiger charge is 2.16. The van der Waals surface area contributed by atoms with Crippen molar-refractivity contribution in [1.82, 2.24) is 0 Å². The van der Waals surface area contributed by atoms with Crippen LogP contribution in [0.2, 0.25) is 10.0 Å². The van der Waals surface area contributed by atoms with Gasteiger partial charge in [-0.25, -0.2) is 0 Å². The number of rotatable bonds is 2. The van der Waals surface area contributed by atoms with E-state index in [4.69, 9.17) is 23.2 Å². The molecule has 0 spiro atoms. The van der Waals surface area contributed by atoms with E-state index in [0.29, 0.717) is 10.0 Å². The third-order valence-corrected chi connectivity index (χ3v) is 5.91. The quantitative estimate of drug-likeness (QED) is 0.519. The predicted molar refractivity (Wildman–Crippen MR) is 79.3 cm³/mol. The molecule has 16 heavy (non-hydrogen) atoms. The minimum absolute atomic E-state index is 0.0787. The lowest BCUT2D eigenvalue weighted by Crippen LogP contribution is -1.91. The molecule has 5 heteroatoms. The van der Waals surface area contributed by atoms with Gasteiger partial charge in [0.05, 0.1) is 18.7 Å². The fourth-order valence-corrected chi connectivity index (χ4v) is 4.12. The van der Waals surface area contributed by atoms with Crippen LogP contribution in [-0.2, 0) is 0 Å². The summed E-state index contributed by atoms with van der Waals surface area (Å²) in [4.78, 5) is 1.27. The Labute approximate surface area is 125 Å². The van der Waals surface area contributed by atoms with Crippen LogP contribution in [0.1, 0.15) is 15.3 Å². The minimum atomic E-state index is 0.0787. The molecule has 1 unspecified atom stereocenters. The van der Waals surface area contributed by atoms with Gasteiger partial charge in [-0.3, -0.25) is 0 Å². The molecule has 1 atom stereocenters. The van der Waals surface area contributed by atoms with Crippen molar-refractivity contribution < 1.29 is 0 Å². The number of hydrogen-bond donors (Lipinski definition) is 0. The smallest absolute Gasteiger partial charge is 0.0753 e. The third kappa shape index (κ3) is 2.65. The monoisotopic (exact) mass is 398 g/mol. The van der Waals surface area contributed by atoms with Crippen LogP contribution in [0.25, 0.3) is 0 Å². The lowest BCUT2D eigenvalue weighted by molar-refractivity contribution is 1.23. The van der Waals surface area contributed by atoms with Crippen LogP contribution in [0.15, 0.2) is 34.1 Å². The van der Waals surface area contributed by atoms with Gasteiger partial charge in [0, 0.05) is 4.88 Å². The average Bonchev–Trinajstić information content (AvgIpc) is 2.68. The maximum atomic E-state index is 6.18. The Morgan fingerprint density at radius 1 is 1.12 bits per heavy atom. The van der Waals surface area contributed by atoms with Crippen molar-refractivity contribution in [2.24, 2.45) is 0 Å². The summed E-state index contributed by atoms with van der Waals surface area (Å²) in [6.07, 6.45) is 0. The normalized spacial score (nSPS) is 12.8. The van der Waals surface area contributed by atoms with E-state index in [0.717, 1.165) is 9.35 Å². The van der Waals surface area contributed by atoms with Gasteiger partial charge >= 0.3 is 0 Å². The van der Waals surface area contributed by atoms with E-state index in [2.05, 4.69) is 37.9 Å². The summed E-state index contributed by atoms with van der Waals surface area (Å²) in [6, 6.07) is 9.75. The van der Waals surface area contributed by atoms with E-state index in [1.807, 2.05) is 18.2 Å². The molecule has 0 radical (unpaired) electrons. The van der Waals surface area contributed by atoms with Crippen molar-refractivity contribution in [3.63, 3.8) is 0 Å². The highest BCUT2D eigenvalue weighted by atomic mass is 79.9. The van der Waals surface area contributed by atoms with Gasteiger partial charge in [-0.05, 0) is 39.7 Å². The molecule has 0 bridgehead atoms. The molecule has 1 heterocycles. The first kappa shape index (κ1) is 12.9. The first-order valence-corrected chi connectivity index (χ1v) is 7.71. The summed E-state index contributed by atoms with van der Waals surface area (Å²) in [6.45, 7) is 0. The summed E-state index contributed by atoms with van der Waals surface area (Å²) in [5.41, 5.74) is 0.989. The Kier molecular flexibility index (Phi) is 4.36. The van der Waals surface area contributed by atoms with E-state index in [-0.39, 0.29) is 4.83 Å². The van der Waals surface area contributed by atoms with Gasteiger partial charge in [0.1, 0.15) is 0 Å². The zero-order chi connectivity index (χ0) is 11.7. The van der Waals surface area contributed by atoms with E-state index < -0.39 is 0 Å². The number of alkyl halides is 1. The molecule has 0 saturated heterocycles. The van der Waals surface area contributed by atoms with Gasteiger partial charge in [-0.2, -0.15) is 0 Å². The van der Waals surface area contributed by atoms with E-state index >= 15 is 0 Å². The maximum absolute atomic E-state index is 6.18. The van der Waals surface area contributed by atoms with Gasteiger partial charge in [-0.15, -0.1) is 11.3 Å².